The minimum Gasteiger partial charge on any atom is -0.339 e. The van der Waals surface area contributed by atoms with Crippen molar-refractivity contribution in [2.45, 2.75) is 0 Å². The number of anilines is 3. The minimum absolute atomic E-state index is 0.00656. The van der Waals surface area contributed by atoms with Gasteiger partial charge in [0, 0.05) is 4.47 Å². The number of carbonyl (C=O) groups excluding carboxylic acids is 1. The van der Waals surface area contributed by atoms with Crippen molar-refractivity contribution in [3.8, 4) is 0 Å². The molecule has 2 N–H and O–H groups in total. The normalized spacial score (nSPS) is 10.2. The van der Waals surface area contributed by atoms with Crippen molar-refractivity contribution < 1.29 is 9.18 Å². The van der Waals surface area contributed by atoms with Crippen molar-refractivity contribution in [2.75, 3.05) is 10.6 Å². The predicted octanol–water partition coefficient (Wildman–Crippen LogP) is 4.98. The molecule has 1 aromatic heterocycles. The van der Waals surface area contributed by atoms with Crippen molar-refractivity contribution in [1.82, 2.24) is 4.98 Å². The molecule has 3 aromatic rings. The molecule has 24 heavy (non-hydrogen) atoms. The molecule has 120 valence electrons. The van der Waals surface area contributed by atoms with Gasteiger partial charge in [0.1, 0.15) is 11.6 Å². The molecule has 0 aliphatic carbocycles. The van der Waals surface area contributed by atoms with Crippen molar-refractivity contribution in [3.05, 3.63) is 82.7 Å². The third kappa shape index (κ3) is 3.78. The summed E-state index contributed by atoms with van der Waals surface area (Å²) in [6.45, 7) is 0. The van der Waals surface area contributed by atoms with Gasteiger partial charge < -0.3 is 10.6 Å². The maximum Gasteiger partial charge on any atom is 0.258 e. The molecule has 2 aromatic carbocycles. The van der Waals surface area contributed by atoms with Gasteiger partial charge in [-0.15, -0.1) is 0 Å². The molecule has 0 saturated heterocycles. The number of carbonyl (C=O) groups is 1. The van der Waals surface area contributed by atoms with Gasteiger partial charge in [0.15, 0.2) is 0 Å². The van der Waals surface area contributed by atoms with Gasteiger partial charge in [-0.2, -0.15) is 0 Å². The highest BCUT2D eigenvalue weighted by atomic mass is 79.9. The maximum absolute atomic E-state index is 13.6. The van der Waals surface area contributed by atoms with Crippen LogP contribution in [0.1, 0.15) is 10.4 Å². The smallest absolute Gasteiger partial charge is 0.258 e. The summed E-state index contributed by atoms with van der Waals surface area (Å²) in [5.41, 5.74) is 1.36. The Balaban J connectivity index is 1.70. The summed E-state index contributed by atoms with van der Waals surface area (Å²) in [7, 11) is 0. The number of nitrogens with one attached hydrogen (secondary N) is 2. The standard InChI is InChI=1S/C18H13BrFN3O/c19-14-6-2-4-8-16(14)23-17-10-9-12(11-21-17)22-18(24)13-5-1-3-7-15(13)20/h1-11H,(H,21,23)(H,22,24). The zero-order valence-corrected chi connectivity index (χ0v) is 14.0. The molecule has 0 aliphatic heterocycles. The van der Waals surface area contributed by atoms with E-state index in [1.165, 1.54) is 24.4 Å². The lowest BCUT2D eigenvalue weighted by Gasteiger charge is -2.09. The van der Waals surface area contributed by atoms with Crippen LogP contribution in [0.25, 0.3) is 0 Å². The second-order valence-electron chi connectivity index (χ2n) is 4.97. The molecule has 4 nitrogen and oxygen atoms in total. The average molecular weight is 386 g/mol. The van der Waals surface area contributed by atoms with E-state index in [4.69, 9.17) is 0 Å². The summed E-state index contributed by atoms with van der Waals surface area (Å²) < 4.78 is 14.5. The van der Waals surface area contributed by atoms with Gasteiger partial charge in [0.2, 0.25) is 0 Å². The first-order valence-electron chi connectivity index (χ1n) is 7.17. The number of rotatable bonds is 4. The number of amides is 1. The average Bonchev–Trinajstić information content (AvgIpc) is 2.59. The third-order valence-corrected chi connectivity index (χ3v) is 3.97. The molecule has 0 aliphatic rings. The van der Waals surface area contributed by atoms with E-state index >= 15 is 0 Å². The number of hydrogen-bond acceptors (Lipinski definition) is 3. The molecule has 0 spiro atoms. The van der Waals surface area contributed by atoms with E-state index in [-0.39, 0.29) is 5.56 Å². The van der Waals surface area contributed by atoms with Gasteiger partial charge in [-0.05, 0) is 52.3 Å². The number of para-hydroxylation sites is 1. The summed E-state index contributed by atoms with van der Waals surface area (Å²) in [6.07, 6.45) is 1.51. The summed E-state index contributed by atoms with van der Waals surface area (Å²) in [4.78, 5) is 16.3. The van der Waals surface area contributed by atoms with Crippen LogP contribution in [0, 0.1) is 5.82 Å². The van der Waals surface area contributed by atoms with Crippen LogP contribution in [0.3, 0.4) is 0 Å². The van der Waals surface area contributed by atoms with Gasteiger partial charge in [-0.1, -0.05) is 24.3 Å². The quantitative estimate of drug-likeness (QED) is 0.665. The lowest BCUT2D eigenvalue weighted by molar-refractivity contribution is 0.102. The third-order valence-electron chi connectivity index (χ3n) is 3.28. The lowest BCUT2D eigenvalue weighted by Crippen LogP contribution is -2.13. The van der Waals surface area contributed by atoms with Crippen molar-refractivity contribution in [2.24, 2.45) is 0 Å². The topological polar surface area (TPSA) is 54.0 Å². The first-order chi connectivity index (χ1) is 11.6. The van der Waals surface area contributed by atoms with Crippen molar-refractivity contribution in [1.29, 1.82) is 0 Å². The van der Waals surface area contributed by atoms with Crippen LogP contribution in [0.4, 0.5) is 21.6 Å². The number of pyridine rings is 1. The fraction of sp³-hybridized carbons (Fsp3) is 0. The number of hydrogen-bond donors (Lipinski definition) is 2. The Labute approximate surface area is 146 Å². The van der Waals surface area contributed by atoms with E-state index in [1.807, 2.05) is 24.3 Å². The first kappa shape index (κ1) is 16.1. The highest BCUT2D eigenvalue weighted by Gasteiger charge is 2.11. The molecule has 0 atom stereocenters. The van der Waals surface area contributed by atoms with Crippen LogP contribution in [0.5, 0.6) is 0 Å². The van der Waals surface area contributed by atoms with E-state index in [2.05, 4.69) is 31.5 Å². The fourth-order valence-corrected chi connectivity index (χ4v) is 2.47. The highest BCUT2D eigenvalue weighted by Crippen LogP contribution is 2.24. The number of benzene rings is 2. The summed E-state index contributed by atoms with van der Waals surface area (Å²) >= 11 is 3.45. The minimum atomic E-state index is -0.560. The lowest BCUT2D eigenvalue weighted by atomic mass is 10.2. The zero-order valence-electron chi connectivity index (χ0n) is 12.5. The Morgan fingerprint density at radius 1 is 1.00 bits per heavy atom. The van der Waals surface area contributed by atoms with Crippen LogP contribution in [0.15, 0.2) is 71.3 Å². The molecule has 6 heteroatoms. The van der Waals surface area contributed by atoms with Gasteiger partial charge in [0.25, 0.3) is 5.91 Å². The Morgan fingerprint density at radius 2 is 1.75 bits per heavy atom. The number of nitrogens with zero attached hydrogens (tertiary/aromatic N) is 1. The SMILES string of the molecule is O=C(Nc1ccc(Nc2ccccc2Br)nc1)c1ccccc1F. The molecule has 0 unspecified atom stereocenters. The van der Waals surface area contributed by atoms with Gasteiger partial charge in [-0.25, -0.2) is 9.37 Å². The molecule has 0 bridgehead atoms. The van der Waals surface area contributed by atoms with E-state index in [0.717, 1.165) is 10.2 Å². The van der Waals surface area contributed by atoms with Gasteiger partial charge in [0.05, 0.1) is 23.1 Å². The van der Waals surface area contributed by atoms with E-state index in [9.17, 15) is 9.18 Å². The van der Waals surface area contributed by atoms with E-state index < -0.39 is 11.7 Å². The zero-order chi connectivity index (χ0) is 16.9. The monoisotopic (exact) mass is 385 g/mol. The van der Waals surface area contributed by atoms with Crippen molar-refractivity contribution >= 4 is 39.0 Å². The molecule has 0 fully saturated rings. The molecule has 0 radical (unpaired) electrons. The Morgan fingerprint density at radius 3 is 2.46 bits per heavy atom. The summed E-state index contributed by atoms with van der Waals surface area (Å²) in [5, 5.41) is 5.79. The van der Waals surface area contributed by atoms with Crippen LogP contribution in [-0.2, 0) is 0 Å². The van der Waals surface area contributed by atoms with Gasteiger partial charge in [-0.3, -0.25) is 4.79 Å². The highest BCUT2D eigenvalue weighted by molar-refractivity contribution is 9.10. The first-order valence-corrected chi connectivity index (χ1v) is 7.96. The Bertz CT molecular complexity index is 868. The second kappa shape index (κ2) is 7.23. The van der Waals surface area contributed by atoms with Crippen LogP contribution in [0.2, 0.25) is 0 Å². The second-order valence-corrected chi connectivity index (χ2v) is 5.83. The maximum atomic E-state index is 13.6. The van der Waals surface area contributed by atoms with E-state index in [1.54, 1.807) is 18.2 Å². The fourth-order valence-electron chi connectivity index (χ4n) is 2.09. The molecule has 1 amide bonds. The summed E-state index contributed by atoms with van der Waals surface area (Å²) in [6, 6.07) is 16.9. The molecule has 0 saturated carbocycles. The van der Waals surface area contributed by atoms with Crippen molar-refractivity contribution in [3.63, 3.8) is 0 Å². The largest absolute Gasteiger partial charge is 0.339 e. The van der Waals surface area contributed by atoms with Crippen LogP contribution < -0.4 is 10.6 Å². The van der Waals surface area contributed by atoms with E-state index in [0.29, 0.717) is 11.5 Å². The Kier molecular flexibility index (Phi) is 4.86. The molecular weight excluding hydrogens is 373 g/mol. The van der Waals surface area contributed by atoms with Crippen LogP contribution >= 0.6 is 15.9 Å². The molecule has 3 rings (SSSR count). The summed E-state index contributed by atoms with van der Waals surface area (Å²) in [5.74, 6) is -0.442. The number of halogens is 2. The molecule has 1 heterocycles. The van der Waals surface area contributed by atoms with Crippen LogP contribution in [-0.4, -0.2) is 10.9 Å². The van der Waals surface area contributed by atoms with Gasteiger partial charge >= 0.3 is 0 Å². The molecular formula is C18H13BrFN3O. The predicted molar refractivity (Wildman–Crippen MR) is 96.0 cm³/mol. The number of aromatic nitrogens is 1. The Hall–Kier alpha value is -2.73.